The van der Waals surface area contributed by atoms with Crippen LogP contribution in [0, 0.1) is 13.8 Å². The van der Waals surface area contributed by atoms with Crippen LogP contribution in [0.1, 0.15) is 29.6 Å². The van der Waals surface area contributed by atoms with Crippen molar-refractivity contribution in [2.75, 3.05) is 6.61 Å². The molecular formula is C12H16N2O2S. The fourth-order valence-corrected chi connectivity index (χ4v) is 2.73. The number of H-pyrrole nitrogens is 1. The van der Waals surface area contributed by atoms with Crippen molar-refractivity contribution in [3.63, 3.8) is 0 Å². The minimum Gasteiger partial charge on any atom is -0.374 e. The number of hydrogen-bond donors (Lipinski definition) is 1. The number of thiophene rings is 1. The van der Waals surface area contributed by atoms with Gasteiger partial charge >= 0.3 is 0 Å². The van der Waals surface area contributed by atoms with Crippen molar-refractivity contribution in [1.29, 1.82) is 0 Å². The molecule has 4 nitrogen and oxygen atoms in total. The van der Waals surface area contributed by atoms with Crippen LogP contribution in [-0.4, -0.2) is 16.6 Å². The molecule has 5 heteroatoms. The second kappa shape index (κ2) is 4.98. The SMILES string of the molecule is CCCOCc1nc2sc(C)c(C)c2c(=O)[nH]1. The normalized spacial score (nSPS) is 11.2. The predicted octanol–water partition coefficient (Wildman–Crippen LogP) is 2.53. The molecule has 17 heavy (non-hydrogen) atoms. The van der Waals surface area contributed by atoms with Gasteiger partial charge < -0.3 is 9.72 Å². The van der Waals surface area contributed by atoms with Crippen molar-refractivity contribution in [1.82, 2.24) is 9.97 Å². The molecule has 0 aromatic carbocycles. The van der Waals surface area contributed by atoms with Crippen molar-refractivity contribution >= 4 is 21.6 Å². The monoisotopic (exact) mass is 252 g/mol. The highest BCUT2D eigenvalue weighted by Gasteiger charge is 2.11. The first-order valence-electron chi connectivity index (χ1n) is 5.70. The van der Waals surface area contributed by atoms with E-state index in [-0.39, 0.29) is 5.56 Å². The maximum atomic E-state index is 11.9. The van der Waals surface area contributed by atoms with Gasteiger partial charge in [0.1, 0.15) is 17.3 Å². The van der Waals surface area contributed by atoms with Gasteiger partial charge in [0.25, 0.3) is 5.56 Å². The molecule has 2 rings (SSSR count). The zero-order chi connectivity index (χ0) is 12.4. The molecular weight excluding hydrogens is 236 g/mol. The third-order valence-electron chi connectivity index (χ3n) is 2.68. The second-order valence-corrected chi connectivity index (χ2v) is 5.23. The minimum absolute atomic E-state index is 0.0630. The van der Waals surface area contributed by atoms with E-state index in [1.54, 1.807) is 11.3 Å². The number of rotatable bonds is 4. The average molecular weight is 252 g/mol. The van der Waals surface area contributed by atoms with Gasteiger partial charge in [-0.3, -0.25) is 4.79 Å². The Hall–Kier alpha value is -1.20. The summed E-state index contributed by atoms with van der Waals surface area (Å²) in [5, 5.41) is 0.715. The van der Waals surface area contributed by atoms with E-state index in [4.69, 9.17) is 4.74 Å². The molecule has 0 fully saturated rings. The van der Waals surface area contributed by atoms with Crippen molar-refractivity contribution in [2.24, 2.45) is 0 Å². The third-order valence-corrected chi connectivity index (χ3v) is 3.78. The molecule has 0 bridgehead atoms. The van der Waals surface area contributed by atoms with E-state index >= 15 is 0 Å². The molecule has 0 atom stereocenters. The minimum atomic E-state index is -0.0630. The van der Waals surface area contributed by atoms with Crippen LogP contribution in [0.25, 0.3) is 10.2 Å². The molecule has 0 radical (unpaired) electrons. The van der Waals surface area contributed by atoms with E-state index in [9.17, 15) is 4.79 Å². The van der Waals surface area contributed by atoms with Gasteiger partial charge in [-0.2, -0.15) is 0 Å². The molecule has 2 aromatic heterocycles. The van der Waals surface area contributed by atoms with E-state index in [1.165, 1.54) is 0 Å². The third kappa shape index (κ3) is 2.40. The summed E-state index contributed by atoms with van der Waals surface area (Å²) in [5.41, 5.74) is 0.965. The molecule has 1 N–H and O–H groups in total. The lowest BCUT2D eigenvalue weighted by Crippen LogP contribution is -2.12. The largest absolute Gasteiger partial charge is 0.374 e. The van der Waals surface area contributed by atoms with Crippen LogP contribution < -0.4 is 5.56 Å². The highest BCUT2D eigenvalue weighted by Crippen LogP contribution is 2.25. The van der Waals surface area contributed by atoms with Gasteiger partial charge in [-0.05, 0) is 25.8 Å². The van der Waals surface area contributed by atoms with Gasteiger partial charge in [0.2, 0.25) is 0 Å². The van der Waals surface area contributed by atoms with Crippen molar-refractivity contribution in [2.45, 2.75) is 33.8 Å². The summed E-state index contributed by atoms with van der Waals surface area (Å²) in [6, 6.07) is 0. The van der Waals surface area contributed by atoms with Crippen LogP contribution in [0.2, 0.25) is 0 Å². The molecule has 0 aliphatic carbocycles. The quantitative estimate of drug-likeness (QED) is 0.851. The average Bonchev–Trinajstić information content (AvgIpc) is 2.55. The van der Waals surface area contributed by atoms with Gasteiger partial charge in [-0.1, -0.05) is 6.92 Å². The zero-order valence-electron chi connectivity index (χ0n) is 10.3. The summed E-state index contributed by atoms with van der Waals surface area (Å²) in [6.45, 7) is 7.07. The maximum absolute atomic E-state index is 11.9. The number of fused-ring (bicyclic) bond motifs is 1. The van der Waals surface area contributed by atoms with Crippen molar-refractivity contribution in [3.05, 3.63) is 26.6 Å². The Morgan fingerprint density at radius 2 is 2.18 bits per heavy atom. The fourth-order valence-electron chi connectivity index (χ4n) is 1.68. The number of aryl methyl sites for hydroxylation is 2. The number of aromatic nitrogens is 2. The zero-order valence-corrected chi connectivity index (χ0v) is 11.1. The Labute approximate surface area is 104 Å². The maximum Gasteiger partial charge on any atom is 0.259 e. The molecule has 2 aromatic rings. The van der Waals surface area contributed by atoms with E-state index in [2.05, 4.69) is 9.97 Å². The number of aromatic amines is 1. The number of nitrogens with one attached hydrogen (secondary N) is 1. The van der Waals surface area contributed by atoms with E-state index < -0.39 is 0 Å². The summed E-state index contributed by atoms with van der Waals surface area (Å²) < 4.78 is 5.38. The standard InChI is InChI=1S/C12H16N2O2S/c1-4-5-16-6-9-13-11(15)10-7(2)8(3)17-12(10)14-9/h4-6H2,1-3H3,(H,13,14,15). The lowest BCUT2D eigenvalue weighted by molar-refractivity contribution is 0.116. The molecule has 0 amide bonds. The number of hydrogen-bond acceptors (Lipinski definition) is 4. The van der Waals surface area contributed by atoms with Crippen molar-refractivity contribution in [3.8, 4) is 0 Å². The topological polar surface area (TPSA) is 55.0 Å². The summed E-state index contributed by atoms with van der Waals surface area (Å²) in [4.78, 5) is 21.1. The second-order valence-electron chi connectivity index (χ2n) is 4.03. The highest BCUT2D eigenvalue weighted by atomic mass is 32.1. The number of ether oxygens (including phenoxy) is 1. The highest BCUT2D eigenvalue weighted by molar-refractivity contribution is 7.18. The molecule has 0 aliphatic rings. The Morgan fingerprint density at radius 1 is 1.41 bits per heavy atom. The Balaban J connectivity index is 2.39. The predicted molar refractivity (Wildman–Crippen MR) is 69.7 cm³/mol. The molecule has 0 saturated heterocycles. The first-order valence-corrected chi connectivity index (χ1v) is 6.51. The van der Waals surface area contributed by atoms with E-state index in [0.29, 0.717) is 24.4 Å². The molecule has 2 heterocycles. The Morgan fingerprint density at radius 3 is 2.88 bits per heavy atom. The van der Waals surface area contributed by atoms with E-state index in [1.807, 2.05) is 20.8 Å². The van der Waals surface area contributed by atoms with Crippen molar-refractivity contribution < 1.29 is 4.74 Å². The molecule has 0 spiro atoms. The first kappa shape index (κ1) is 12.3. The Bertz CT molecular complexity index is 586. The van der Waals surface area contributed by atoms with E-state index in [0.717, 1.165) is 21.7 Å². The summed E-state index contributed by atoms with van der Waals surface area (Å²) in [6.07, 6.45) is 0.962. The Kier molecular flexibility index (Phi) is 3.59. The molecule has 0 saturated carbocycles. The van der Waals surface area contributed by atoms with Crippen LogP contribution >= 0.6 is 11.3 Å². The van der Waals surface area contributed by atoms with Crippen LogP contribution in [0.3, 0.4) is 0 Å². The van der Waals surface area contributed by atoms with Crippen LogP contribution in [0.15, 0.2) is 4.79 Å². The van der Waals surface area contributed by atoms with Gasteiger partial charge in [0.05, 0.1) is 5.39 Å². The van der Waals surface area contributed by atoms with Crippen LogP contribution in [0.5, 0.6) is 0 Å². The summed E-state index contributed by atoms with van der Waals surface area (Å²) >= 11 is 1.56. The lowest BCUT2D eigenvalue weighted by atomic mass is 10.2. The molecule has 0 aliphatic heterocycles. The van der Waals surface area contributed by atoms with Gasteiger partial charge in [-0.15, -0.1) is 11.3 Å². The van der Waals surface area contributed by atoms with Crippen LogP contribution in [-0.2, 0) is 11.3 Å². The summed E-state index contributed by atoms with van der Waals surface area (Å²) in [5.74, 6) is 0.609. The molecule has 92 valence electrons. The fraction of sp³-hybridized carbons (Fsp3) is 0.500. The van der Waals surface area contributed by atoms with Gasteiger partial charge in [0.15, 0.2) is 0 Å². The lowest BCUT2D eigenvalue weighted by Gasteiger charge is -2.01. The van der Waals surface area contributed by atoms with Gasteiger partial charge in [-0.25, -0.2) is 4.98 Å². The first-order chi connectivity index (χ1) is 8.13. The number of nitrogens with zero attached hydrogens (tertiary/aromatic N) is 1. The van der Waals surface area contributed by atoms with Crippen LogP contribution in [0.4, 0.5) is 0 Å². The summed E-state index contributed by atoms with van der Waals surface area (Å²) in [7, 11) is 0. The van der Waals surface area contributed by atoms with Gasteiger partial charge in [0, 0.05) is 11.5 Å². The molecule has 0 unspecified atom stereocenters. The smallest absolute Gasteiger partial charge is 0.259 e.